The number of nitrogens with zero attached hydrogens (tertiary/aromatic N) is 2. The van der Waals surface area contributed by atoms with Crippen LogP contribution in [0.25, 0.3) is 0 Å². The molecule has 1 heterocycles. The minimum atomic E-state index is 0.175. The van der Waals surface area contributed by atoms with Gasteiger partial charge >= 0.3 is 0 Å². The summed E-state index contributed by atoms with van der Waals surface area (Å²) in [5.74, 6) is 0.930. The van der Waals surface area contributed by atoms with E-state index in [1.807, 2.05) is 12.1 Å². The lowest BCUT2D eigenvalue weighted by Crippen LogP contribution is -2.30. The fourth-order valence-corrected chi connectivity index (χ4v) is 2.88. The van der Waals surface area contributed by atoms with Gasteiger partial charge in [-0.1, -0.05) is 30.3 Å². The first-order valence-corrected chi connectivity index (χ1v) is 6.41. The molecule has 0 fully saturated rings. The first-order chi connectivity index (χ1) is 9.24. The maximum absolute atomic E-state index is 5.50. The van der Waals surface area contributed by atoms with Gasteiger partial charge in [-0.15, -0.1) is 0 Å². The van der Waals surface area contributed by atoms with Gasteiger partial charge < -0.3 is 14.5 Å². The van der Waals surface area contributed by atoms with E-state index in [-0.39, 0.29) is 6.17 Å². The zero-order valence-corrected chi connectivity index (χ0v) is 11.5. The smallest absolute Gasteiger partial charge is 0.131 e. The Morgan fingerprint density at radius 2 is 1.37 bits per heavy atom. The van der Waals surface area contributed by atoms with Crippen molar-refractivity contribution in [3.63, 3.8) is 0 Å². The highest BCUT2D eigenvalue weighted by atomic mass is 16.5. The maximum atomic E-state index is 5.50. The Morgan fingerprint density at radius 3 is 1.95 bits per heavy atom. The van der Waals surface area contributed by atoms with Crippen molar-refractivity contribution < 1.29 is 4.74 Å². The SMILES string of the molecule is COc1ccccc1C1N(C)c2ccccc2N1C. The number of ether oxygens (including phenoxy) is 1. The minimum absolute atomic E-state index is 0.175. The van der Waals surface area contributed by atoms with Gasteiger partial charge in [-0.25, -0.2) is 0 Å². The van der Waals surface area contributed by atoms with E-state index in [0.717, 1.165) is 5.75 Å². The van der Waals surface area contributed by atoms with Gasteiger partial charge in [-0.2, -0.15) is 0 Å². The van der Waals surface area contributed by atoms with Crippen LogP contribution in [0.4, 0.5) is 11.4 Å². The van der Waals surface area contributed by atoms with Gasteiger partial charge in [0.1, 0.15) is 11.9 Å². The summed E-state index contributed by atoms with van der Waals surface area (Å²) in [4.78, 5) is 4.57. The molecule has 19 heavy (non-hydrogen) atoms. The minimum Gasteiger partial charge on any atom is -0.496 e. The molecule has 0 aromatic heterocycles. The van der Waals surface area contributed by atoms with Crippen LogP contribution < -0.4 is 14.5 Å². The van der Waals surface area contributed by atoms with Gasteiger partial charge in [0.2, 0.25) is 0 Å². The van der Waals surface area contributed by atoms with Gasteiger partial charge in [0.25, 0.3) is 0 Å². The summed E-state index contributed by atoms with van der Waals surface area (Å²) in [6, 6.07) is 16.7. The molecule has 0 unspecified atom stereocenters. The number of fused-ring (bicyclic) bond motifs is 1. The van der Waals surface area contributed by atoms with Crippen LogP contribution in [0.3, 0.4) is 0 Å². The summed E-state index contributed by atoms with van der Waals surface area (Å²) in [7, 11) is 5.97. The molecule has 3 nitrogen and oxygen atoms in total. The monoisotopic (exact) mass is 254 g/mol. The van der Waals surface area contributed by atoms with Crippen LogP contribution in [0.1, 0.15) is 11.7 Å². The van der Waals surface area contributed by atoms with Crippen molar-refractivity contribution >= 4 is 11.4 Å². The van der Waals surface area contributed by atoms with E-state index >= 15 is 0 Å². The normalized spacial score (nSPS) is 14.7. The molecule has 0 atom stereocenters. The first-order valence-electron chi connectivity index (χ1n) is 6.41. The average Bonchev–Trinajstić information content (AvgIpc) is 2.71. The van der Waals surface area contributed by atoms with Gasteiger partial charge in [0.05, 0.1) is 18.5 Å². The molecule has 0 saturated heterocycles. The summed E-state index contributed by atoms with van der Waals surface area (Å²) < 4.78 is 5.50. The molecule has 0 N–H and O–H groups in total. The highest BCUT2D eigenvalue weighted by molar-refractivity contribution is 5.78. The maximum Gasteiger partial charge on any atom is 0.131 e. The third-order valence-electron chi connectivity index (χ3n) is 3.79. The third-order valence-corrected chi connectivity index (χ3v) is 3.79. The predicted molar refractivity (Wildman–Crippen MR) is 79.0 cm³/mol. The number of anilines is 2. The van der Waals surface area contributed by atoms with Gasteiger partial charge in [0, 0.05) is 19.7 Å². The van der Waals surface area contributed by atoms with Crippen LogP contribution in [-0.2, 0) is 0 Å². The Kier molecular flexibility index (Phi) is 2.82. The molecule has 1 aliphatic heterocycles. The topological polar surface area (TPSA) is 15.7 Å². The number of benzene rings is 2. The molecule has 0 spiro atoms. The standard InChI is InChI=1S/C16H18N2O/c1-17-13-9-5-6-10-14(13)18(2)16(17)12-8-4-7-11-15(12)19-3/h4-11,16H,1-3H3. The summed E-state index contributed by atoms with van der Waals surface area (Å²) in [6.07, 6.45) is 0.175. The second-order valence-electron chi connectivity index (χ2n) is 4.83. The van der Waals surface area contributed by atoms with E-state index in [9.17, 15) is 0 Å². The second kappa shape index (κ2) is 4.50. The molecule has 0 bridgehead atoms. The quantitative estimate of drug-likeness (QED) is 0.818. The number of hydrogen-bond donors (Lipinski definition) is 0. The lowest BCUT2D eigenvalue weighted by atomic mass is 10.1. The van der Waals surface area contributed by atoms with E-state index in [1.165, 1.54) is 16.9 Å². The highest BCUT2D eigenvalue weighted by Gasteiger charge is 2.33. The van der Waals surface area contributed by atoms with Crippen molar-refractivity contribution in [3.8, 4) is 5.75 Å². The van der Waals surface area contributed by atoms with Crippen molar-refractivity contribution in [1.82, 2.24) is 0 Å². The molecule has 3 heteroatoms. The van der Waals surface area contributed by atoms with Gasteiger partial charge in [0.15, 0.2) is 0 Å². The van der Waals surface area contributed by atoms with Crippen LogP contribution in [0.5, 0.6) is 5.75 Å². The molecule has 3 rings (SSSR count). The molecule has 0 aliphatic carbocycles. The number of para-hydroxylation sites is 3. The van der Waals surface area contributed by atoms with Gasteiger partial charge in [-0.3, -0.25) is 0 Å². The van der Waals surface area contributed by atoms with E-state index in [1.54, 1.807) is 7.11 Å². The molecule has 0 amide bonds. The van der Waals surface area contributed by atoms with Crippen LogP contribution in [-0.4, -0.2) is 21.2 Å². The lowest BCUT2D eigenvalue weighted by Gasteiger charge is -2.29. The molecule has 2 aromatic rings. The van der Waals surface area contributed by atoms with Crippen molar-refractivity contribution in [2.24, 2.45) is 0 Å². The Bertz CT molecular complexity index is 568. The average molecular weight is 254 g/mol. The van der Waals surface area contributed by atoms with Crippen LogP contribution in [0.2, 0.25) is 0 Å². The molecular weight excluding hydrogens is 236 g/mol. The van der Waals surface area contributed by atoms with Crippen LogP contribution >= 0.6 is 0 Å². The van der Waals surface area contributed by atoms with Gasteiger partial charge in [-0.05, 0) is 18.2 Å². The molecule has 0 saturated carbocycles. The van der Waals surface area contributed by atoms with E-state index in [0.29, 0.717) is 0 Å². The molecule has 2 aromatic carbocycles. The van der Waals surface area contributed by atoms with Crippen molar-refractivity contribution in [2.45, 2.75) is 6.17 Å². The fourth-order valence-electron chi connectivity index (χ4n) is 2.88. The Hall–Kier alpha value is -2.16. The fraction of sp³-hybridized carbons (Fsp3) is 0.250. The van der Waals surface area contributed by atoms with E-state index < -0.39 is 0 Å². The molecule has 0 radical (unpaired) electrons. The summed E-state index contributed by atoms with van der Waals surface area (Å²) >= 11 is 0. The highest BCUT2D eigenvalue weighted by Crippen LogP contribution is 2.45. The van der Waals surface area contributed by atoms with E-state index in [4.69, 9.17) is 4.74 Å². The number of rotatable bonds is 2. The number of hydrogen-bond acceptors (Lipinski definition) is 3. The van der Waals surface area contributed by atoms with Crippen molar-refractivity contribution in [2.75, 3.05) is 31.0 Å². The van der Waals surface area contributed by atoms with Crippen LogP contribution in [0, 0.1) is 0 Å². The second-order valence-corrected chi connectivity index (χ2v) is 4.83. The van der Waals surface area contributed by atoms with Crippen molar-refractivity contribution in [1.29, 1.82) is 0 Å². The number of methoxy groups -OCH3 is 1. The largest absolute Gasteiger partial charge is 0.496 e. The van der Waals surface area contributed by atoms with Crippen LogP contribution in [0.15, 0.2) is 48.5 Å². The first kappa shape index (κ1) is 11.9. The molecule has 98 valence electrons. The Labute approximate surface area is 114 Å². The van der Waals surface area contributed by atoms with E-state index in [2.05, 4.69) is 60.3 Å². The van der Waals surface area contributed by atoms with Crippen molar-refractivity contribution in [3.05, 3.63) is 54.1 Å². The predicted octanol–water partition coefficient (Wildman–Crippen LogP) is 3.28. The lowest BCUT2D eigenvalue weighted by molar-refractivity contribution is 0.405. The Balaban J connectivity index is 2.09. The molecule has 1 aliphatic rings. The summed E-state index contributed by atoms with van der Waals surface area (Å²) in [5, 5.41) is 0. The summed E-state index contributed by atoms with van der Waals surface area (Å²) in [5.41, 5.74) is 3.69. The molecular formula is C16H18N2O. The zero-order valence-electron chi connectivity index (χ0n) is 11.5. The summed E-state index contributed by atoms with van der Waals surface area (Å²) in [6.45, 7) is 0. The Morgan fingerprint density at radius 1 is 0.842 bits per heavy atom. The third kappa shape index (κ3) is 1.73. The zero-order chi connectivity index (χ0) is 13.4.